The molecule has 2 aliphatic rings. The van der Waals surface area contributed by atoms with E-state index in [1.54, 1.807) is 0 Å². The predicted molar refractivity (Wildman–Crippen MR) is 75.5 cm³/mol. The fraction of sp³-hybridized carbons (Fsp3) is 0.625. The van der Waals surface area contributed by atoms with Gasteiger partial charge in [0.05, 0.1) is 0 Å². The van der Waals surface area contributed by atoms with Crippen molar-refractivity contribution in [2.45, 2.75) is 25.8 Å². The summed E-state index contributed by atoms with van der Waals surface area (Å²) in [4.78, 5) is 2.73. The average Bonchev–Trinajstić information content (AvgIpc) is 2.97. The summed E-state index contributed by atoms with van der Waals surface area (Å²) < 4.78 is 0. The molecular weight excluding hydrogens is 220 g/mol. The summed E-state index contributed by atoms with van der Waals surface area (Å²) in [6.45, 7) is 7.34. The van der Waals surface area contributed by atoms with Crippen molar-refractivity contribution in [3.05, 3.63) is 35.9 Å². The molecule has 0 spiro atoms. The van der Waals surface area contributed by atoms with E-state index in [0.29, 0.717) is 6.04 Å². The molecule has 1 aromatic carbocycles. The van der Waals surface area contributed by atoms with Crippen LogP contribution < -0.4 is 5.32 Å². The molecule has 0 bridgehead atoms. The lowest BCUT2D eigenvalue weighted by Crippen LogP contribution is -2.30. The number of nitrogens with zero attached hydrogens (tertiary/aromatic N) is 1. The molecule has 2 heterocycles. The Bertz CT molecular complexity index is 364. The molecule has 98 valence electrons. The number of rotatable bonds is 4. The van der Waals surface area contributed by atoms with Gasteiger partial charge in [-0.05, 0) is 36.9 Å². The zero-order valence-electron chi connectivity index (χ0n) is 11.3. The van der Waals surface area contributed by atoms with Crippen molar-refractivity contribution in [3.8, 4) is 0 Å². The van der Waals surface area contributed by atoms with E-state index in [1.165, 1.54) is 44.6 Å². The first-order chi connectivity index (χ1) is 8.88. The summed E-state index contributed by atoms with van der Waals surface area (Å²) in [6.07, 6.45) is 2.56. The minimum absolute atomic E-state index is 0.641. The Labute approximate surface area is 110 Å². The van der Waals surface area contributed by atoms with Crippen molar-refractivity contribution >= 4 is 0 Å². The highest BCUT2D eigenvalue weighted by Gasteiger charge is 2.38. The van der Waals surface area contributed by atoms with Crippen LogP contribution in [0.2, 0.25) is 0 Å². The van der Waals surface area contributed by atoms with Gasteiger partial charge in [-0.2, -0.15) is 0 Å². The molecule has 3 atom stereocenters. The van der Waals surface area contributed by atoms with Crippen LogP contribution in [0.1, 0.15) is 31.4 Å². The fourth-order valence-corrected chi connectivity index (χ4v) is 3.65. The van der Waals surface area contributed by atoms with Crippen LogP contribution in [0.4, 0.5) is 0 Å². The van der Waals surface area contributed by atoms with Gasteiger partial charge in [0, 0.05) is 19.1 Å². The number of likely N-dealkylation sites (tertiary alicyclic amines) is 1. The van der Waals surface area contributed by atoms with Crippen molar-refractivity contribution in [1.29, 1.82) is 0 Å². The van der Waals surface area contributed by atoms with Gasteiger partial charge in [-0.15, -0.1) is 0 Å². The summed E-state index contributed by atoms with van der Waals surface area (Å²) >= 11 is 0. The Morgan fingerprint density at radius 1 is 1.17 bits per heavy atom. The molecule has 3 rings (SSSR count). The summed E-state index contributed by atoms with van der Waals surface area (Å²) in [7, 11) is 0. The molecule has 0 amide bonds. The zero-order valence-corrected chi connectivity index (χ0v) is 11.3. The molecule has 1 N–H and O–H groups in total. The molecule has 2 saturated heterocycles. The lowest BCUT2D eigenvalue weighted by atomic mass is 10.0. The molecule has 2 aliphatic heterocycles. The normalized spacial score (nSPS) is 29.4. The van der Waals surface area contributed by atoms with Gasteiger partial charge < -0.3 is 5.32 Å². The van der Waals surface area contributed by atoms with Crippen LogP contribution in [0, 0.1) is 11.8 Å². The highest BCUT2D eigenvalue weighted by molar-refractivity contribution is 5.19. The van der Waals surface area contributed by atoms with Crippen LogP contribution >= 0.6 is 0 Å². The zero-order chi connectivity index (χ0) is 12.4. The predicted octanol–water partition coefficient (Wildman–Crippen LogP) is 2.68. The standard InChI is InChI=1S/C16H24N2/c1-2-6-16(13-7-4-3-5-8-13)18-11-14-9-17-10-15(14)12-18/h3-5,7-8,14-17H,2,6,9-12H2,1H3. The number of hydrogen-bond donors (Lipinski definition) is 1. The Morgan fingerprint density at radius 3 is 2.44 bits per heavy atom. The van der Waals surface area contributed by atoms with Gasteiger partial charge in [-0.1, -0.05) is 43.7 Å². The number of fused-ring (bicyclic) bond motifs is 1. The van der Waals surface area contributed by atoms with Gasteiger partial charge in [-0.3, -0.25) is 4.90 Å². The van der Waals surface area contributed by atoms with Crippen molar-refractivity contribution in [1.82, 2.24) is 10.2 Å². The Balaban J connectivity index is 1.74. The maximum absolute atomic E-state index is 3.53. The number of benzene rings is 1. The summed E-state index contributed by atoms with van der Waals surface area (Å²) in [5.41, 5.74) is 1.51. The van der Waals surface area contributed by atoms with E-state index >= 15 is 0 Å². The van der Waals surface area contributed by atoms with E-state index < -0.39 is 0 Å². The summed E-state index contributed by atoms with van der Waals surface area (Å²) in [5, 5.41) is 3.53. The molecule has 0 saturated carbocycles. The fourth-order valence-electron chi connectivity index (χ4n) is 3.65. The molecule has 0 aromatic heterocycles. The van der Waals surface area contributed by atoms with E-state index in [1.807, 2.05) is 0 Å². The third-order valence-electron chi connectivity index (χ3n) is 4.60. The van der Waals surface area contributed by atoms with Crippen molar-refractivity contribution in [2.24, 2.45) is 11.8 Å². The summed E-state index contributed by atoms with van der Waals surface area (Å²) in [5.74, 6) is 1.79. The van der Waals surface area contributed by atoms with Gasteiger partial charge in [0.2, 0.25) is 0 Å². The summed E-state index contributed by atoms with van der Waals surface area (Å²) in [6, 6.07) is 11.7. The van der Waals surface area contributed by atoms with Gasteiger partial charge in [0.1, 0.15) is 0 Å². The first-order valence-corrected chi connectivity index (χ1v) is 7.38. The van der Waals surface area contributed by atoms with E-state index in [9.17, 15) is 0 Å². The van der Waals surface area contributed by atoms with Gasteiger partial charge in [0.25, 0.3) is 0 Å². The molecular formula is C16H24N2. The smallest absolute Gasteiger partial charge is 0.0348 e. The molecule has 0 aliphatic carbocycles. The molecule has 0 radical (unpaired) electrons. The second kappa shape index (κ2) is 5.41. The van der Waals surface area contributed by atoms with Crippen LogP contribution in [0.3, 0.4) is 0 Å². The molecule has 3 unspecified atom stereocenters. The van der Waals surface area contributed by atoms with Crippen LogP contribution in [0.15, 0.2) is 30.3 Å². The Hall–Kier alpha value is -0.860. The monoisotopic (exact) mass is 244 g/mol. The second-order valence-electron chi connectivity index (χ2n) is 5.85. The average molecular weight is 244 g/mol. The van der Waals surface area contributed by atoms with E-state index in [4.69, 9.17) is 0 Å². The quantitative estimate of drug-likeness (QED) is 0.876. The van der Waals surface area contributed by atoms with E-state index in [2.05, 4.69) is 47.5 Å². The maximum Gasteiger partial charge on any atom is 0.0348 e. The van der Waals surface area contributed by atoms with Crippen LogP contribution in [0.25, 0.3) is 0 Å². The number of hydrogen-bond acceptors (Lipinski definition) is 2. The van der Waals surface area contributed by atoms with Gasteiger partial charge in [-0.25, -0.2) is 0 Å². The lowest BCUT2D eigenvalue weighted by molar-refractivity contribution is 0.216. The first-order valence-electron chi connectivity index (χ1n) is 7.38. The van der Waals surface area contributed by atoms with E-state index in [-0.39, 0.29) is 0 Å². The van der Waals surface area contributed by atoms with Gasteiger partial charge >= 0.3 is 0 Å². The van der Waals surface area contributed by atoms with Crippen molar-refractivity contribution < 1.29 is 0 Å². The second-order valence-corrected chi connectivity index (χ2v) is 5.85. The Morgan fingerprint density at radius 2 is 1.83 bits per heavy atom. The topological polar surface area (TPSA) is 15.3 Å². The van der Waals surface area contributed by atoms with Gasteiger partial charge in [0.15, 0.2) is 0 Å². The lowest BCUT2D eigenvalue weighted by Gasteiger charge is -2.29. The minimum Gasteiger partial charge on any atom is -0.316 e. The SMILES string of the molecule is CCCC(c1ccccc1)N1CC2CNCC2C1. The highest BCUT2D eigenvalue weighted by atomic mass is 15.2. The van der Waals surface area contributed by atoms with Crippen molar-refractivity contribution in [3.63, 3.8) is 0 Å². The minimum atomic E-state index is 0.641. The Kier molecular flexibility index (Phi) is 3.67. The first kappa shape index (κ1) is 12.2. The highest BCUT2D eigenvalue weighted by Crippen LogP contribution is 2.35. The maximum atomic E-state index is 3.53. The molecule has 2 heteroatoms. The van der Waals surface area contributed by atoms with Crippen LogP contribution in [-0.2, 0) is 0 Å². The third-order valence-corrected chi connectivity index (χ3v) is 4.60. The third kappa shape index (κ3) is 2.32. The molecule has 1 aromatic rings. The largest absolute Gasteiger partial charge is 0.316 e. The molecule has 18 heavy (non-hydrogen) atoms. The number of nitrogens with one attached hydrogen (secondary N) is 1. The van der Waals surface area contributed by atoms with Crippen molar-refractivity contribution in [2.75, 3.05) is 26.2 Å². The van der Waals surface area contributed by atoms with E-state index in [0.717, 1.165) is 11.8 Å². The van der Waals surface area contributed by atoms with Crippen LogP contribution in [-0.4, -0.2) is 31.1 Å². The molecule has 2 fully saturated rings. The molecule has 2 nitrogen and oxygen atoms in total. The van der Waals surface area contributed by atoms with Crippen LogP contribution in [0.5, 0.6) is 0 Å².